The molecule has 1 heterocycles. The molecule has 2 aromatic rings. The van der Waals surface area contributed by atoms with Gasteiger partial charge in [0.15, 0.2) is 0 Å². The average Bonchev–Trinajstić information content (AvgIpc) is 2.86. The highest BCUT2D eigenvalue weighted by atomic mass is 16.4. The number of H-pyrrole nitrogens is 1. The highest BCUT2D eigenvalue weighted by molar-refractivity contribution is 6.45. The average molecular weight is 288 g/mol. The zero-order chi connectivity index (χ0) is 15.6. The molecule has 6 heteroatoms. The van der Waals surface area contributed by atoms with Gasteiger partial charge in [-0.2, -0.15) is 0 Å². The number of carbonyl (C=O) groups is 3. The molecule has 0 saturated heterocycles. The number of para-hydroxylation sites is 1. The molecule has 0 aliphatic carbocycles. The summed E-state index contributed by atoms with van der Waals surface area (Å²) in [5, 5.41) is 11.9. The topological polar surface area (TPSA) is 99.3 Å². The Hall–Kier alpha value is -2.63. The Balaban J connectivity index is 2.23. The summed E-state index contributed by atoms with van der Waals surface area (Å²) < 4.78 is 0. The number of aromatic nitrogens is 1. The first-order chi connectivity index (χ1) is 9.91. The third-order valence-electron chi connectivity index (χ3n) is 3.26. The van der Waals surface area contributed by atoms with E-state index in [1.807, 2.05) is 6.07 Å². The van der Waals surface area contributed by atoms with Crippen molar-refractivity contribution in [2.24, 2.45) is 5.92 Å². The van der Waals surface area contributed by atoms with Crippen LogP contribution in [0.25, 0.3) is 10.9 Å². The molecular weight excluding hydrogens is 272 g/mol. The number of aliphatic carboxylic acids is 1. The van der Waals surface area contributed by atoms with Crippen molar-refractivity contribution in [3.63, 3.8) is 0 Å². The monoisotopic (exact) mass is 288 g/mol. The first-order valence-electron chi connectivity index (χ1n) is 6.56. The van der Waals surface area contributed by atoms with E-state index < -0.39 is 23.7 Å². The fourth-order valence-electron chi connectivity index (χ4n) is 2.10. The molecule has 1 aromatic carbocycles. The first kappa shape index (κ1) is 14.8. The molecule has 0 bridgehead atoms. The van der Waals surface area contributed by atoms with Crippen LogP contribution in [0.3, 0.4) is 0 Å². The van der Waals surface area contributed by atoms with Crippen molar-refractivity contribution in [3.05, 3.63) is 36.0 Å². The summed E-state index contributed by atoms with van der Waals surface area (Å²) in [5.74, 6) is -3.15. The molecule has 0 radical (unpaired) electrons. The van der Waals surface area contributed by atoms with E-state index in [1.165, 1.54) is 6.20 Å². The number of hydrogen-bond acceptors (Lipinski definition) is 3. The molecule has 0 fully saturated rings. The van der Waals surface area contributed by atoms with Crippen molar-refractivity contribution < 1.29 is 19.5 Å². The number of amides is 1. The van der Waals surface area contributed by atoms with E-state index in [-0.39, 0.29) is 11.5 Å². The van der Waals surface area contributed by atoms with Crippen LogP contribution in [-0.4, -0.2) is 33.8 Å². The number of nitrogens with one attached hydrogen (secondary N) is 2. The van der Waals surface area contributed by atoms with Gasteiger partial charge in [-0.1, -0.05) is 32.0 Å². The Morgan fingerprint density at radius 3 is 2.48 bits per heavy atom. The zero-order valence-electron chi connectivity index (χ0n) is 11.7. The summed E-state index contributed by atoms with van der Waals surface area (Å²) in [6.45, 7) is 3.32. The Bertz CT molecular complexity index is 703. The molecule has 6 nitrogen and oxygen atoms in total. The van der Waals surface area contributed by atoms with Crippen molar-refractivity contribution in [1.82, 2.24) is 10.3 Å². The van der Waals surface area contributed by atoms with Gasteiger partial charge < -0.3 is 15.4 Å². The summed E-state index contributed by atoms with van der Waals surface area (Å²) >= 11 is 0. The van der Waals surface area contributed by atoms with Gasteiger partial charge in [0.05, 0.1) is 5.56 Å². The lowest BCUT2D eigenvalue weighted by atomic mass is 10.0. The van der Waals surface area contributed by atoms with Gasteiger partial charge in [-0.15, -0.1) is 0 Å². The maximum Gasteiger partial charge on any atom is 0.326 e. The highest BCUT2D eigenvalue weighted by Gasteiger charge is 2.28. The van der Waals surface area contributed by atoms with Crippen LogP contribution in [0.15, 0.2) is 30.5 Å². The molecule has 1 aromatic heterocycles. The minimum absolute atomic E-state index is 0.232. The van der Waals surface area contributed by atoms with Gasteiger partial charge in [0.25, 0.3) is 11.7 Å². The predicted octanol–water partition coefficient (Wildman–Crippen LogP) is 1.58. The van der Waals surface area contributed by atoms with Gasteiger partial charge in [0, 0.05) is 17.1 Å². The Morgan fingerprint density at radius 2 is 1.86 bits per heavy atom. The lowest BCUT2D eigenvalue weighted by Gasteiger charge is -2.17. The molecule has 110 valence electrons. The minimum Gasteiger partial charge on any atom is -0.480 e. The van der Waals surface area contributed by atoms with Crippen LogP contribution in [0, 0.1) is 5.92 Å². The predicted molar refractivity (Wildman–Crippen MR) is 77.0 cm³/mol. The standard InChI is InChI=1S/C15H16N2O4/c1-8(2)12(15(20)21)17-14(19)13(18)10-7-16-11-6-4-3-5-9(10)11/h3-8,12,16H,1-2H3,(H,17,19)(H,20,21). The number of hydrogen-bond donors (Lipinski definition) is 3. The molecule has 0 aliphatic heterocycles. The van der Waals surface area contributed by atoms with E-state index in [9.17, 15) is 14.4 Å². The smallest absolute Gasteiger partial charge is 0.326 e. The molecule has 21 heavy (non-hydrogen) atoms. The van der Waals surface area contributed by atoms with Crippen LogP contribution < -0.4 is 5.32 Å². The van der Waals surface area contributed by atoms with E-state index in [2.05, 4.69) is 10.3 Å². The quantitative estimate of drug-likeness (QED) is 0.574. The van der Waals surface area contributed by atoms with Crippen molar-refractivity contribution in [2.45, 2.75) is 19.9 Å². The summed E-state index contributed by atoms with van der Waals surface area (Å²) in [5.41, 5.74) is 0.975. The maximum absolute atomic E-state index is 12.2. The van der Waals surface area contributed by atoms with Crippen molar-refractivity contribution >= 4 is 28.6 Å². The summed E-state index contributed by atoms with van der Waals surface area (Å²) in [6.07, 6.45) is 1.46. The highest BCUT2D eigenvalue weighted by Crippen LogP contribution is 2.18. The lowest BCUT2D eigenvalue weighted by molar-refractivity contribution is -0.142. The summed E-state index contributed by atoms with van der Waals surface area (Å²) in [7, 11) is 0. The van der Waals surface area contributed by atoms with E-state index in [0.717, 1.165) is 5.52 Å². The van der Waals surface area contributed by atoms with Crippen molar-refractivity contribution in [1.29, 1.82) is 0 Å². The zero-order valence-corrected chi connectivity index (χ0v) is 11.7. The van der Waals surface area contributed by atoms with E-state index in [4.69, 9.17) is 5.11 Å². The molecule has 0 spiro atoms. The second-order valence-corrected chi connectivity index (χ2v) is 5.11. The van der Waals surface area contributed by atoms with Crippen LogP contribution >= 0.6 is 0 Å². The molecule has 0 aliphatic rings. The van der Waals surface area contributed by atoms with Crippen LogP contribution in [0.4, 0.5) is 0 Å². The van der Waals surface area contributed by atoms with E-state index in [0.29, 0.717) is 5.39 Å². The Morgan fingerprint density at radius 1 is 1.19 bits per heavy atom. The Labute approximate surface area is 121 Å². The van der Waals surface area contributed by atoms with Crippen LogP contribution in [0.5, 0.6) is 0 Å². The number of ketones is 1. The molecule has 1 atom stereocenters. The fraction of sp³-hybridized carbons (Fsp3) is 0.267. The van der Waals surface area contributed by atoms with Crippen molar-refractivity contribution in [2.75, 3.05) is 0 Å². The minimum atomic E-state index is -1.16. The second-order valence-electron chi connectivity index (χ2n) is 5.11. The largest absolute Gasteiger partial charge is 0.480 e. The molecular formula is C15H16N2O4. The van der Waals surface area contributed by atoms with Gasteiger partial charge in [-0.05, 0) is 12.0 Å². The number of carboxylic acid groups (broad SMARTS) is 1. The molecule has 1 amide bonds. The van der Waals surface area contributed by atoms with Gasteiger partial charge in [0.2, 0.25) is 0 Å². The van der Waals surface area contributed by atoms with E-state index in [1.54, 1.807) is 32.0 Å². The number of benzene rings is 1. The van der Waals surface area contributed by atoms with Gasteiger partial charge in [-0.3, -0.25) is 9.59 Å². The number of carboxylic acids is 1. The van der Waals surface area contributed by atoms with Gasteiger partial charge >= 0.3 is 5.97 Å². The summed E-state index contributed by atoms with van der Waals surface area (Å²) in [4.78, 5) is 38.1. The second kappa shape index (κ2) is 5.78. The SMILES string of the molecule is CC(C)C(NC(=O)C(=O)c1c[nH]c2ccccc12)C(=O)O. The van der Waals surface area contributed by atoms with E-state index >= 15 is 0 Å². The fourth-order valence-corrected chi connectivity index (χ4v) is 2.10. The number of fused-ring (bicyclic) bond motifs is 1. The molecule has 1 unspecified atom stereocenters. The first-order valence-corrected chi connectivity index (χ1v) is 6.56. The summed E-state index contributed by atoms with van der Waals surface area (Å²) in [6, 6.07) is 6.00. The maximum atomic E-state index is 12.2. The van der Waals surface area contributed by atoms with Crippen molar-refractivity contribution in [3.8, 4) is 0 Å². The number of carbonyl (C=O) groups excluding carboxylic acids is 2. The number of rotatable bonds is 5. The van der Waals surface area contributed by atoms with Crippen LogP contribution in [-0.2, 0) is 9.59 Å². The van der Waals surface area contributed by atoms with Gasteiger partial charge in [-0.25, -0.2) is 4.79 Å². The molecule has 3 N–H and O–H groups in total. The van der Waals surface area contributed by atoms with Gasteiger partial charge in [0.1, 0.15) is 6.04 Å². The number of Topliss-reactive ketones (excluding diaryl/α,β-unsaturated/α-hetero) is 1. The third kappa shape index (κ3) is 2.94. The van der Waals surface area contributed by atoms with Crippen LogP contribution in [0.1, 0.15) is 24.2 Å². The normalized spacial score (nSPS) is 12.3. The third-order valence-corrected chi connectivity index (χ3v) is 3.26. The number of aromatic amines is 1. The molecule has 2 rings (SSSR count). The molecule has 0 saturated carbocycles. The lowest BCUT2D eigenvalue weighted by Crippen LogP contribution is -2.46. The van der Waals surface area contributed by atoms with Crippen LogP contribution in [0.2, 0.25) is 0 Å². The Kier molecular flexibility index (Phi) is 4.07.